The van der Waals surface area contributed by atoms with Crippen LogP contribution in [-0.4, -0.2) is 52.4 Å². The molecular weight excluding hydrogens is 515 g/mol. The molecule has 9 heteroatoms. The van der Waals surface area contributed by atoms with E-state index >= 15 is 0 Å². The lowest BCUT2D eigenvalue weighted by Gasteiger charge is -2.21. The van der Waals surface area contributed by atoms with Crippen LogP contribution in [0.25, 0.3) is 0 Å². The van der Waals surface area contributed by atoms with Crippen molar-refractivity contribution in [1.82, 2.24) is 10.6 Å². The predicted octanol–water partition coefficient (Wildman–Crippen LogP) is 3.59. The molecule has 0 spiro atoms. The van der Waals surface area contributed by atoms with E-state index in [1.165, 1.54) is 12.1 Å². The van der Waals surface area contributed by atoms with Crippen LogP contribution in [0.1, 0.15) is 12.0 Å². The summed E-state index contributed by atoms with van der Waals surface area (Å²) in [7, 11) is 3.41. The van der Waals surface area contributed by atoms with E-state index in [2.05, 4.69) is 33.1 Å². The molecule has 1 aliphatic rings. The number of anilines is 2. The smallest absolute Gasteiger partial charge is 0.191 e. The third-order valence-corrected chi connectivity index (χ3v) is 5.05. The molecule has 1 heterocycles. The van der Waals surface area contributed by atoms with E-state index in [4.69, 9.17) is 4.74 Å². The summed E-state index contributed by atoms with van der Waals surface area (Å²) in [5, 5.41) is 9.99. The average Bonchev–Trinajstić information content (AvgIpc) is 3.20. The minimum Gasteiger partial charge on any atom is -0.383 e. The van der Waals surface area contributed by atoms with Crippen LogP contribution in [0.3, 0.4) is 0 Å². The summed E-state index contributed by atoms with van der Waals surface area (Å²) in [5.74, 6) is -0.393. The van der Waals surface area contributed by atoms with Crippen molar-refractivity contribution in [3.05, 3.63) is 59.7 Å². The lowest BCUT2D eigenvalue weighted by atomic mass is 10.2. The first-order valence-electron chi connectivity index (χ1n) is 10.1. The second-order valence-corrected chi connectivity index (χ2v) is 7.21. The van der Waals surface area contributed by atoms with Gasteiger partial charge in [0, 0.05) is 58.1 Å². The summed E-state index contributed by atoms with van der Waals surface area (Å²) >= 11 is 0. The van der Waals surface area contributed by atoms with Crippen molar-refractivity contribution in [3.63, 3.8) is 0 Å². The summed E-state index contributed by atoms with van der Waals surface area (Å²) in [6.07, 6.45) is 0.847. The highest BCUT2D eigenvalue weighted by Crippen LogP contribution is 2.24. The van der Waals surface area contributed by atoms with Gasteiger partial charge in [0.1, 0.15) is 11.6 Å². The number of aliphatic imine (C=N–C) groups is 1. The number of nitrogens with zero attached hydrogens (tertiary/aromatic N) is 2. The second kappa shape index (κ2) is 12.7. The van der Waals surface area contributed by atoms with Crippen LogP contribution in [0.2, 0.25) is 0 Å². The van der Waals surface area contributed by atoms with E-state index < -0.39 is 11.6 Å². The molecule has 3 N–H and O–H groups in total. The molecule has 1 unspecified atom stereocenters. The van der Waals surface area contributed by atoms with E-state index in [1.807, 2.05) is 17.0 Å². The SMILES string of the molecule is CN=C(NCc1ccc(NCCOC)cc1)NC1CCN(c2ccc(F)cc2F)C1.I. The fraction of sp³-hybridized carbons (Fsp3) is 0.409. The van der Waals surface area contributed by atoms with Gasteiger partial charge >= 0.3 is 0 Å². The molecule has 2 aromatic rings. The van der Waals surface area contributed by atoms with E-state index in [-0.39, 0.29) is 30.0 Å². The largest absolute Gasteiger partial charge is 0.383 e. The van der Waals surface area contributed by atoms with Gasteiger partial charge in [-0.05, 0) is 36.2 Å². The lowest BCUT2D eigenvalue weighted by molar-refractivity contribution is 0.211. The van der Waals surface area contributed by atoms with E-state index in [1.54, 1.807) is 14.2 Å². The maximum Gasteiger partial charge on any atom is 0.191 e. The number of hydrogen-bond donors (Lipinski definition) is 3. The van der Waals surface area contributed by atoms with Crippen LogP contribution in [-0.2, 0) is 11.3 Å². The molecule has 1 aliphatic heterocycles. The van der Waals surface area contributed by atoms with Crippen LogP contribution < -0.4 is 20.9 Å². The highest BCUT2D eigenvalue weighted by Gasteiger charge is 2.25. The zero-order chi connectivity index (χ0) is 21.3. The van der Waals surface area contributed by atoms with E-state index in [0.717, 1.165) is 30.3 Å². The molecule has 31 heavy (non-hydrogen) atoms. The Bertz CT molecular complexity index is 850. The zero-order valence-electron chi connectivity index (χ0n) is 17.8. The van der Waals surface area contributed by atoms with Gasteiger partial charge in [-0.3, -0.25) is 4.99 Å². The normalized spacial score (nSPS) is 16.1. The summed E-state index contributed by atoms with van der Waals surface area (Å²) in [6, 6.07) is 12.0. The molecule has 1 atom stereocenters. The molecule has 3 rings (SSSR count). The van der Waals surface area contributed by atoms with Crippen molar-refractivity contribution in [2.75, 3.05) is 50.6 Å². The third-order valence-electron chi connectivity index (χ3n) is 5.05. The summed E-state index contributed by atoms with van der Waals surface area (Å²) in [5.41, 5.74) is 2.62. The first kappa shape index (κ1) is 25.1. The number of nitrogens with one attached hydrogen (secondary N) is 3. The van der Waals surface area contributed by atoms with Crippen LogP contribution in [0.4, 0.5) is 20.2 Å². The molecule has 0 amide bonds. The van der Waals surface area contributed by atoms with Crippen molar-refractivity contribution in [3.8, 4) is 0 Å². The highest BCUT2D eigenvalue weighted by molar-refractivity contribution is 14.0. The summed E-state index contributed by atoms with van der Waals surface area (Å²) in [4.78, 5) is 6.21. The number of benzene rings is 2. The Hall–Kier alpha value is -2.14. The first-order valence-corrected chi connectivity index (χ1v) is 10.1. The number of rotatable bonds is 8. The Morgan fingerprint density at radius 2 is 1.97 bits per heavy atom. The minimum atomic E-state index is -0.562. The molecule has 170 valence electrons. The average molecular weight is 545 g/mol. The molecular formula is C22H30F2IN5O. The Balaban J connectivity index is 0.00000341. The molecule has 0 aromatic heterocycles. The molecule has 2 aromatic carbocycles. The van der Waals surface area contributed by atoms with Crippen LogP contribution in [0.5, 0.6) is 0 Å². The topological polar surface area (TPSA) is 60.9 Å². The number of guanidine groups is 1. The van der Waals surface area contributed by atoms with Gasteiger partial charge in [-0.2, -0.15) is 0 Å². The molecule has 1 fully saturated rings. The molecule has 0 aliphatic carbocycles. The van der Waals surface area contributed by atoms with Crippen molar-refractivity contribution in [2.24, 2.45) is 4.99 Å². The first-order chi connectivity index (χ1) is 14.6. The fourth-order valence-corrected chi connectivity index (χ4v) is 3.45. The second-order valence-electron chi connectivity index (χ2n) is 7.21. The Morgan fingerprint density at radius 1 is 1.19 bits per heavy atom. The van der Waals surface area contributed by atoms with Gasteiger partial charge in [0.15, 0.2) is 5.96 Å². The highest BCUT2D eigenvalue weighted by atomic mass is 127. The lowest BCUT2D eigenvalue weighted by Crippen LogP contribution is -2.44. The van der Waals surface area contributed by atoms with Gasteiger partial charge in [-0.25, -0.2) is 8.78 Å². The van der Waals surface area contributed by atoms with Crippen molar-refractivity contribution >= 4 is 41.3 Å². The van der Waals surface area contributed by atoms with Crippen LogP contribution >= 0.6 is 24.0 Å². The minimum absolute atomic E-state index is 0. The van der Waals surface area contributed by atoms with Gasteiger partial charge in [0.2, 0.25) is 0 Å². The quantitative estimate of drug-likeness (QED) is 0.205. The van der Waals surface area contributed by atoms with E-state index in [9.17, 15) is 8.78 Å². The number of ether oxygens (including phenoxy) is 1. The Morgan fingerprint density at radius 3 is 2.65 bits per heavy atom. The van der Waals surface area contributed by atoms with Gasteiger partial charge in [-0.15, -0.1) is 24.0 Å². The maximum atomic E-state index is 14.0. The number of hydrogen-bond acceptors (Lipinski definition) is 4. The molecule has 0 bridgehead atoms. The molecule has 0 saturated carbocycles. The van der Waals surface area contributed by atoms with Crippen molar-refractivity contribution < 1.29 is 13.5 Å². The zero-order valence-corrected chi connectivity index (χ0v) is 20.2. The van der Waals surface area contributed by atoms with Crippen LogP contribution in [0.15, 0.2) is 47.5 Å². The van der Waals surface area contributed by atoms with Gasteiger partial charge < -0.3 is 25.6 Å². The monoisotopic (exact) mass is 545 g/mol. The van der Waals surface area contributed by atoms with Crippen LogP contribution in [0, 0.1) is 11.6 Å². The molecule has 6 nitrogen and oxygen atoms in total. The van der Waals surface area contributed by atoms with Gasteiger partial charge in [0.05, 0.1) is 12.3 Å². The van der Waals surface area contributed by atoms with Crippen molar-refractivity contribution in [2.45, 2.75) is 19.0 Å². The fourth-order valence-electron chi connectivity index (χ4n) is 3.45. The summed E-state index contributed by atoms with van der Waals surface area (Å²) in [6.45, 7) is 3.41. The molecule has 0 radical (unpaired) electrons. The van der Waals surface area contributed by atoms with E-state index in [0.29, 0.717) is 37.9 Å². The third kappa shape index (κ3) is 7.49. The Kier molecular flexibility index (Phi) is 10.3. The maximum absolute atomic E-state index is 14.0. The predicted molar refractivity (Wildman–Crippen MR) is 133 cm³/mol. The summed E-state index contributed by atoms with van der Waals surface area (Å²) < 4.78 is 32.2. The van der Waals surface area contributed by atoms with Crippen molar-refractivity contribution in [1.29, 1.82) is 0 Å². The van der Waals surface area contributed by atoms with Gasteiger partial charge in [0.25, 0.3) is 0 Å². The Labute approximate surface area is 199 Å². The van der Waals surface area contributed by atoms with Gasteiger partial charge in [-0.1, -0.05) is 12.1 Å². The number of halogens is 3. The molecule has 1 saturated heterocycles. The standard InChI is InChI=1S/C22H29F2N5O.HI/c1-25-22(27-14-16-3-6-18(7-4-16)26-10-12-30-2)28-19-9-11-29(15-19)21-8-5-17(23)13-20(21)24;/h3-8,13,19,26H,9-12,14-15H2,1-2H3,(H2,25,27,28);1H. The number of methoxy groups -OCH3 is 1.